The molecule has 5 rings (SSSR count). The van der Waals surface area contributed by atoms with E-state index >= 15 is 0 Å². The zero-order chi connectivity index (χ0) is 12.4. The van der Waals surface area contributed by atoms with Gasteiger partial charge in [-0.15, -0.1) is 0 Å². The van der Waals surface area contributed by atoms with Crippen LogP contribution in [0.3, 0.4) is 0 Å². The smallest absolute Gasteiger partial charge is 0.162 e. The number of oxime groups is 1. The van der Waals surface area contributed by atoms with Crippen molar-refractivity contribution >= 4 is 5.84 Å². The first-order valence-corrected chi connectivity index (χ1v) is 6.98. The Kier molecular flexibility index (Phi) is 1.89. The molecule has 3 unspecified atom stereocenters. The molecule has 3 aliphatic carbocycles. The summed E-state index contributed by atoms with van der Waals surface area (Å²) in [6.45, 7) is 5.64. The quantitative estimate of drug-likeness (QED) is 0.688. The molecule has 2 bridgehead atoms. The predicted molar refractivity (Wildman–Crippen MR) is 70.3 cm³/mol. The Balaban J connectivity index is 1.77. The van der Waals surface area contributed by atoms with Gasteiger partial charge in [0.1, 0.15) is 6.61 Å². The van der Waals surface area contributed by atoms with Gasteiger partial charge in [0.05, 0.1) is 5.41 Å². The second-order valence-corrected chi connectivity index (χ2v) is 6.78. The van der Waals surface area contributed by atoms with Crippen molar-refractivity contribution in [1.82, 2.24) is 4.57 Å². The molecule has 0 N–H and O–H groups in total. The van der Waals surface area contributed by atoms with E-state index in [2.05, 4.69) is 48.1 Å². The summed E-state index contributed by atoms with van der Waals surface area (Å²) < 4.78 is 2.15. The van der Waals surface area contributed by atoms with Gasteiger partial charge in [-0.2, -0.15) is 0 Å². The molecule has 18 heavy (non-hydrogen) atoms. The summed E-state index contributed by atoms with van der Waals surface area (Å²) in [6.07, 6.45) is 8.10. The third kappa shape index (κ3) is 1.08. The van der Waals surface area contributed by atoms with Crippen LogP contribution in [0.25, 0.3) is 0 Å². The van der Waals surface area contributed by atoms with Crippen LogP contribution < -0.4 is 0 Å². The third-order valence-corrected chi connectivity index (χ3v) is 5.84. The molecule has 3 nitrogen and oxygen atoms in total. The van der Waals surface area contributed by atoms with E-state index in [1.165, 1.54) is 19.3 Å². The van der Waals surface area contributed by atoms with Gasteiger partial charge in [0.25, 0.3) is 0 Å². The molecule has 1 aromatic heterocycles. The topological polar surface area (TPSA) is 26.5 Å². The van der Waals surface area contributed by atoms with Crippen LogP contribution in [-0.4, -0.2) is 17.0 Å². The zero-order valence-corrected chi connectivity index (χ0v) is 11.1. The summed E-state index contributed by atoms with van der Waals surface area (Å²) in [5.41, 5.74) is 0.622. The predicted octanol–water partition coefficient (Wildman–Crippen LogP) is 3.12. The van der Waals surface area contributed by atoms with Gasteiger partial charge in [-0.1, -0.05) is 19.0 Å². The monoisotopic (exact) mass is 244 g/mol. The molecule has 96 valence electrons. The first-order valence-electron chi connectivity index (χ1n) is 6.98. The van der Waals surface area contributed by atoms with Gasteiger partial charge in [0.15, 0.2) is 5.84 Å². The molecule has 1 spiro atoms. The molecule has 3 saturated carbocycles. The summed E-state index contributed by atoms with van der Waals surface area (Å²) in [4.78, 5) is 5.53. The zero-order valence-electron chi connectivity index (χ0n) is 11.1. The van der Waals surface area contributed by atoms with Crippen LogP contribution in [0, 0.1) is 22.7 Å². The molecule has 0 radical (unpaired) electrons. The minimum Gasteiger partial charge on any atom is -0.393 e. The summed E-state index contributed by atoms with van der Waals surface area (Å²) in [7, 11) is 0. The van der Waals surface area contributed by atoms with Crippen molar-refractivity contribution < 1.29 is 4.84 Å². The van der Waals surface area contributed by atoms with Gasteiger partial charge in [0, 0.05) is 12.4 Å². The van der Waals surface area contributed by atoms with Crippen LogP contribution >= 0.6 is 0 Å². The molecule has 0 amide bonds. The molecule has 0 aromatic carbocycles. The van der Waals surface area contributed by atoms with E-state index in [-0.39, 0.29) is 5.41 Å². The lowest BCUT2D eigenvalue weighted by molar-refractivity contribution is -0.140. The van der Waals surface area contributed by atoms with Gasteiger partial charge >= 0.3 is 0 Å². The lowest BCUT2D eigenvalue weighted by atomic mass is 9.40. The van der Waals surface area contributed by atoms with E-state index in [0.717, 1.165) is 24.3 Å². The van der Waals surface area contributed by atoms with E-state index in [4.69, 9.17) is 4.84 Å². The molecule has 4 aliphatic rings. The van der Waals surface area contributed by atoms with E-state index in [1.54, 1.807) is 0 Å². The Bertz CT molecular complexity index is 501. The number of hydrogen-bond acceptors (Lipinski definition) is 2. The van der Waals surface area contributed by atoms with E-state index in [9.17, 15) is 0 Å². The van der Waals surface area contributed by atoms with Crippen molar-refractivity contribution in [3.05, 3.63) is 24.5 Å². The standard InChI is InChI=1S/C15H20N2O/c1-14(2)11-5-6-15(12(14)9-11)10-18-16-13(15)17-7-3-4-8-17/h3-4,7-8,11-12H,5-6,9-10H2,1-2H3. The molecular formula is C15H20N2O. The van der Waals surface area contributed by atoms with E-state index in [1.807, 2.05) is 0 Å². The van der Waals surface area contributed by atoms with Gasteiger partial charge in [0.2, 0.25) is 0 Å². The average Bonchev–Trinajstić information content (AvgIpc) is 2.98. The van der Waals surface area contributed by atoms with E-state index in [0.29, 0.717) is 5.41 Å². The summed E-state index contributed by atoms with van der Waals surface area (Å²) in [6, 6.07) is 4.12. The highest BCUT2D eigenvalue weighted by Crippen LogP contribution is 2.67. The minimum absolute atomic E-state index is 0.164. The molecule has 3 atom stereocenters. The van der Waals surface area contributed by atoms with Crippen molar-refractivity contribution in [1.29, 1.82) is 0 Å². The first kappa shape index (κ1) is 10.7. The number of hydrogen-bond donors (Lipinski definition) is 0. The largest absolute Gasteiger partial charge is 0.393 e. The highest BCUT2D eigenvalue weighted by atomic mass is 16.6. The molecule has 1 aliphatic heterocycles. The minimum atomic E-state index is 0.164. The van der Waals surface area contributed by atoms with Crippen molar-refractivity contribution in [2.24, 2.45) is 27.8 Å². The van der Waals surface area contributed by atoms with Crippen LogP contribution in [0.2, 0.25) is 0 Å². The molecule has 1 aromatic rings. The maximum absolute atomic E-state index is 5.53. The Labute approximate surface area is 108 Å². The molecule has 2 heterocycles. The summed E-state index contributed by atoms with van der Waals surface area (Å²) >= 11 is 0. The second-order valence-electron chi connectivity index (χ2n) is 6.78. The van der Waals surface area contributed by atoms with Crippen LogP contribution in [-0.2, 0) is 4.84 Å². The van der Waals surface area contributed by atoms with Crippen LogP contribution in [0.4, 0.5) is 0 Å². The van der Waals surface area contributed by atoms with Gasteiger partial charge in [-0.05, 0) is 48.6 Å². The van der Waals surface area contributed by atoms with Crippen LogP contribution in [0.15, 0.2) is 29.7 Å². The fraction of sp³-hybridized carbons (Fsp3) is 0.667. The Morgan fingerprint density at radius 1 is 1.33 bits per heavy atom. The van der Waals surface area contributed by atoms with Crippen LogP contribution in [0.1, 0.15) is 33.1 Å². The Morgan fingerprint density at radius 3 is 2.78 bits per heavy atom. The van der Waals surface area contributed by atoms with Gasteiger partial charge in [-0.25, -0.2) is 0 Å². The maximum Gasteiger partial charge on any atom is 0.162 e. The third-order valence-electron chi connectivity index (χ3n) is 5.84. The number of nitrogens with zero attached hydrogens (tertiary/aromatic N) is 2. The average molecular weight is 244 g/mol. The SMILES string of the molecule is CC1(C)C2CCC3(CON=C3n3cccc3)C1C2. The summed E-state index contributed by atoms with van der Waals surface area (Å²) in [5.74, 6) is 2.79. The highest BCUT2D eigenvalue weighted by Gasteiger charge is 2.65. The number of rotatable bonds is 0. The highest BCUT2D eigenvalue weighted by molar-refractivity contribution is 5.91. The van der Waals surface area contributed by atoms with Crippen molar-refractivity contribution in [3.63, 3.8) is 0 Å². The van der Waals surface area contributed by atoms with Gasteiger partial charge < -0.3 is 9.40 Å². The molecule has 3 heteroatoms. The maximum atomic E-state index is 5.53. The fourth-order valence-corrected chi connectivity index (χ4v) is 4.63. The number of aromatic nitrogens is 1. The molecule has 3 fully saturated rings. The van der Waals surface area contributed by atoms with Crippen molar-refractivity contribution in [2.75, 3.05) is 6.61 Å². The molecule has 0 saturated heterocycles. The fourth-order valence-electron chi connectivity index (χ4n) is 4.63. The van der Waals surface area contributed by atoms with Gasteiger partial charge in [-0.3, -0.25) is 0 Å². The lowest BCUT2D eigenvalue weighted by Gasteiger charge is -2.63. The Hall–Kier alpha value is -1.25. The normalized spacial score (nSPS) is 40.2. The Morgan fingerprint density at radius 2 is 2.11 bits per heavy atom. The van der Waals surface area contributed by atoms with Crippen molar-refractivity contribution in [3.8, 4) is 0 Å². The summed E-state index contributed by atoms with van der Waals surface area (Å²) in [5, 5.41) is 4.38. The molecular weight excluding hydrogens is 224 g/mol. The van der Waals surface area contributed by atoms with Crippen molar-refractivity contribution in [2.45, 2.75) is 33.1 Å². The first-order chi connectivity index (χ1) is 8.64. The lowest BCUT2D eigenvalue weighted by Crippen LogP contribution is -2.61. The van der Waals surface area contributed by atoms with Crippen LogP contribution in [0.5, 0.6) is 0 Å². The van der Waals surface area contributed by atoms with E-state index < -0.39 is 0 Å². The number of fused-ring (bicyclic) bond motifs is 1. The second kappa shape index (κ2) is 3.19.